The lowest BCUT2D eigenvalue weighted by Crippen LogP contribution is -2.41. The molecule has 3 N–H and O–H groups in total. The number of ether oxygens (including phenoxy) is 1. The maximum absolute atomic E-state index is 12.1. The van der Waals surface area contributed by atoms with E-state index in [1.54, 1.807) is 12.1 Å². The zero-order valence-corrected chi connectivity index (χ0v) is 15.5. The van der Waals surface area contributed by atoms with E-state index in [9.17, 15) is 19.2 Å². The standard InChI is InChI=1S/C19H17N3O5S/c23-16(22-19(26)20-9-12-4-2-1-3-5-12)10-27-18(25)13-6-7-15-14(8-13)21-17(24)11-28-15/h1-8H,9-11H2,(H,21,24)(H2,20,22,23,26). The lowest BCUT2D eigenvalue weighted by atomic mass is 10.2. The lowest BCUT2D eigenvalue weighted by molar-refractivity contribution is -0.123. The Labute approximate surface area is 165 Å². The van der Waals surface area contributed by atoms with Gasteiger partial charge in [0.05, 0.1) is 17.0 Å². The van der Waals surface area contributed by atoms with Crippen LogP contribution in [0.3, 0.4) is 0 Å². The molecule has 144 valence electrons. The highest BCUT2D eigenvalue weighted by Crippen LogP contribution is 2.32. The molecule has 0 spiro atoms. The van der Waals surface area contributed by atoms with Gasteiger partial charge >= 0.3 is 12.0 Å². The number of imide groups is 1. The first-order valence-electron chi connectivity index (χ1n) is 8.37. The van der Waals surface area contributed by atoms with E-state index in [-0.39, 0.29) is 18.0 Å². The van der Waals surface area contributed by atoms with Crippen LogP contribution >= 0.6 is 11.8 Å². The summed E-state index contributed by atoms with van der Waals surface area (Å²) in [6.07, 6.45) is 0. The average molecular weight is 399 g/mol. The van der Waals surface area contributed by atoms with Gasteiger partial charge in [0.2, 0.25) is 5.91 Å². The van der Waals surface area contributed by atoms with Crippen molar-refractivity contribution in [1.82, 2.24) is 10.6 Å². The number of hydrogen-bond donors (Lipinski definition) is 3. The average Bonchev–Trinajstić information content (AvgIpc) is 2.70. The van der Waals surface area contributed by atoms with Crippen LogP contribution in [0.4, 0.5) is 10.5 Å². The summed E-state index contributed by atoms with van der Waals surface area (Å²) < 4.78 is 4.92. The van der Waals surface area contributed by atoms with Gasteiger partial charge in [0.25, 0.3) is 5.91 Å². The Kier molecular flexibility index (Phi) is 6.28. The van der Waals surface area contributed by atoms with Crippen molar-refractivity contribution in [2.45, 2.75) is 11.4 Å². The van der Waals surface area contributed by atoms with Crippen molar-refractivity contribution in [1.29, 1.82) is 0 Å². The summed E-state index contributed by atoms with van der Waals surface area (Å²) in [5.74, 6) is -1.30. The number of thioether (sulfide) groups is 1. The molecule has 0 aliphatic carbocycles. The number of carbonyl (C=O) groups excluding carboxylic acids is 4. The first-order valence-corrected chi connectivity index (χ1v) is 9.35. The molecule has 28 heavy (non-hydrogen) atoms. The van der Waals surface area contributed by atoms with Gasteiger partial charge in [0.15, 0.2) is 6.61 Å². The molecule has 0 radical (unpaired) electrons. The molecular formula is C19H17N3O5S. The Morgan fingerprint density at radius 3 is 2.68 bits per heavy atom. The van der Waals surface area contributed by atoms with Gasteiger partial charge in [-0.05, 0) is 23.8 Å². The summed E-state index contributed by atoms with van der Waals surface area (Å²) in [6.45, 7) is -0.339. The number of nitrogens with one attached hydrogen (secondary N) is 3. The van der Waals surface area contributed by atoms with Gasteiger partial charge in [0.1, 0.15) is 0 Å². The van der Waals surface area contributed by atoms with Crippen LogP contribution in [0.25, 0.3) is 0 Å². The van der Waals surface area contributed by atoms with E-state index in [2.05, 4.69) is 16.0 Å². The van der Waals surface area contributed by atoms with Crippen LogP contribution in [0.15, 0.2) is 53.4 Å². The first kappa shape index (κ1) is 19.4. The van der Waals surface area contributed by atoms with E-state index >= 15 is 0 Å². The molecule has 0 saturated carbocycles. The summed E-state index contributed by atoms with van der Waals surface area (Å²) in [5, 5.41) is 7.29. The van der Waals surface area contributed by atoms with Crippen molar-refractivity contribution < 1.29 is 23.9 Å². The zero-order chi connectivity index (χ0) is 19.9. The van der Waals surface area contributed by atoms with Crippen LogP contribution in [0, 0.1) is 0 Å². The number of benzene rings is 2. The molecule has 2 aromatic rings. The maximum atomic E-state index is 12.1. The Balaban J connectivity index is 1.45. The monoisotopic (exact) mass is 399 g/mol. The van der Waals surface area contributed by atoms with E-state index in [0.29, 0.717) is 11.4 Å². The van der Waals surface area contributed by atoms with Crippen molar-refractivity contribution in [2.24, 2.45) is 0 Å². The minimum atomic E-state index is -0.749. The second kappa shape index (κ2) is 9.05. The Morgan fingerprint density at radius 2 is 1.89 bits per heavy atom. The topological polar surface area (TPSA) is 114 Å². The molecule has 0 saturated heterocycles. The van der Waals surface area contributed by atoms with Crippen LogP contribution in [-0.4, -0.2) is 36.2 Å². The zero-order valence-electron chi connectivity index (χ0n) is 14.7. The number of anilines is 1. The van der Waals surface area contributed by atoms with E-state index < -0.39 is 24.5 Å². The molecule has 1 heterocycles. The van der Waals surface area contributed by atoms with Crippen LogP contribution < -0.4 is 16.0 Å². The first-order chi connectivity index (χ1) is 13.5. The predicted octanol–water partition coefficient (Wildman–Crippen LogP) is 1.91. The van der Waals surface area contributed by atoms with Gasteiger partial charge in [0, 0.05) is 11.4 Å². The van der Waals surface area contributed by atoms with Gasteiger partial charge < -0.3 is 15.4 Å². The van der Waals surface area contributed by atoms with Gasteiger partial charge in [-0.1, -0.05) is 30.3 Å². The maximum Gasteiger partial charge on any atom is 0.338 e. The van der Waals surface area contributed by atoms with Crippen molar-refractivity contribution >= 4 is 41.3 Å². The smallest absolute Gasteiger partial charge is 0.338 e. The quantitative estimate of drug-likeness (QED) is 0.662. The molecule has 8 nitrogen and oxygen atoms in total. The molecular weight excluding hydrogens is 382 g/mol. The molecule has 0 unspecified atom stereocenters. The third-order valence-electron chi connectivity index (χ3n) is 3.73. The molecule has 0 atom stereocenters. The minimum absolute atomic E-state index is 0.149. The minimum Gasteiger partial charge on any atom is -0.452 e. The van der Waals surface area contributed by atoms with E-state index in [1.165, 1.54) is 17.8 Å². The summed E-state index contributed by atoms with van der Waals surface area (Å²) in [7, 11) is 0. The fraction of sp³-hybridized carbons (Fsp3) is 0.158. The normalized spacial score (nSPS) is 12.4. The van der Waals surface area contributed by atoms with Gasteiger partial charge in [-0.15, -0.1) is 11.8 Å². The van der Waals surface area contributed by atoms with E-state index in [0.717, 1.165) is 10.5 Å². The van der Waals surface area contributed by atoms with Crippen LogP contribution in [0.2, 0.25) is 0 Å². The highest BCUT2D eigenvalue weighted by Gasteiger charge is 2.18. The number of fused-ring (bicyclic) bond motifs is 1. The molecule has 0 aromatic heterocycles. The van der Waals surface area contributed by atoms with Crippen molar-refractivity contribution in [3.05, 3.63) is 59.7 Å². The molecule has 4 amide bonds. The third kappa shape index (κ3) is 5.34. The number of urea groups is 1. The summed E-state index contributed by atoms with van der Waals surface area (Å²) >= 11 is 1.37. The third-order valence-corrected chi connectivity index (χ3v) is 4.80. The predicted molar refractivity (Wildman–Crippen MR) is 103 cm³/mol. The van der Waals surface area contributed by atoms with Crippen molar-refractivity contribution in [2.75, 3.05) is 17.7 Å². The number of carbonyl (C=O) groups is 4. The van der Waals surface area contributed by atoms with Gasteiger partial charge in [-0.25, -0.2) is 9.59 Å². The Hall–Kier alpha value is -3.33. The number of rotatable bonds is 5. The molecule has 0 fully saturated rings. The lowest BCUT2D eigenvalue weighted by Gasteiger charge is -2.16. The summed E-state index contributed by atoms with van der Waals surface area (Å²) in [5.41, 5.74) is 1.61. The van der Waals surface area contributed by atoms with Crippen LogP contribution in [0.5, 0.6) is 0 Å². The largest absolute Gasteiger partial charge is 0.452 e. The molecule has 1 aliphatic rings. The molecule has 1 aliphatic heterocycles. The van der Waals surface area contributed by atoms with Gasteiger partial charge in [-0.3, -0.25) is 14.9 Å². The number of hydrogen-bond acceptors (Lipinski definition) is 6. The number of esters is 1. The second-order valence-corrected chi connectivity index (χ2v) is 6.86. The molecule has 0 bridgehead atoms. The Bertz CT molecular complexity index is 917. The van der Waals surface area contributed by atoms with Gasteiger partial charge in [-0.2, -0.15) is 0 Å². The van der Waals surface area contributed by atoms with E-state index in [1.807, 2.05) is 30.3 Å². The SMILES string of the molecule is O=C(COC(=O)c1ccc2c(c1)NC(=O)CS2)NC(=O)NCc1ccccc1. The van der Waals surface area contributed by atoms with Crippen LogP contribution in [0.1, 0.15) is 15.9 Å². The highest BCUT2D eigenvalue weighted by atomic mass is 32.2. The number of amides is 4. The van der Waals surface area contributed by atoms with Crippen molar-refractivity contribution in [3.8, 4) is 0 Å². The second-order valence-electron chi connectivity index (χ2n) is 5.84. The molecule has 9 heteroatoms. The summed E-state index contributed by atoms with van der Waals surface area (Å²) in [6, 6.07) is 13.3. The van der Waals surface area contributed by atoms with Crippen LogP contribution in [-0.2, 0) is 20.9 Å². The van der Waals surface area contributed by atoms with Crippen molar-refractivity contribution in [3.63, 3.8) is 0 Å². The molecule has 2 aromatic carbocycles. The molecule has 3 rings (SSSR count). The summed E-state index contributed by atoms with van der Waals surface area (Å²) in [4.78, 5) is 47.8. The highest BCUT2D eigenvalue weighted by molar-refractivity contribution is 8.00. The fourth-order valence-corrected chi connectivity index (χ4v) is 3.20. The van der Waals surface area contributed by atoms with E-state index in [4.69, 9.17) is 4.74 Å². The fourth-order valence-electron chi connectivity index (χ4n) is 2.41. The Morgan fingerprint density at radius 1 is 1.11 bits per heavy atom.